The molecule has 25 heavy (non-hydrogen) atoms. The Kier molecular flexibility index (Phi) is 9.70. The first-order valence-corrected chi connectivity index (χ1v) is 13.0. The van der Waals surface area contributed by atoms with Crippen LogP contribution in [0.25, 0.3) is 0 Å². The van der Waals surface area contributed by atoms with Gasteiger partial charge in [0, 0.05) is 0 Å². The smallest absolute Gasteiger partial charge is 0.125 e. The van der Waals surface area contributed by atoms with Crippen molar-refractivity contribution in [3.05, 3.63) is 0 Å². The Bertz CT molecular complexity index is 338. The van der Waals surface area contributed by atoms with Crippen molar-refractivity contribution >= 4 is 11.2 Å². The summed E-state index contributed by atoms with van der Waals surface area (Å²) < 4.78 is 12.7. The fraction of sp³-hybridized carbons (Fsp3) is 1.00. The largest absolute Gasteiger partial charge is 0.616 e. The van der Waals surface area contributed by atoms with Gasteiger partial charge < -0.3 is 4.55 Å². The number of unbranched alkanes of at least 4 members (excludes halogenated alkanes) is 4. The SMILES string of the molecule is CCCCCCC1([S+](C)[O-])CCC(C2CCC(CCCC)CC2)CC1. The van der Waals surface area contributed by atoms with E-state index in [0.29, 0.717) is 0 Å². The lowest BCUT2D eigenvalue weighted by molar-refractivity contribution is 0.146. The quantitative estimate of drug-likeness (QED) is 0.294. The zero-order valence-electron chi connectivity index (χ0n) is 17.4. The highest BCUT2D eigenvalue weighted by Crippen LogP contribution is 2.47. The molecule has 2 saturated carbocycles. The van der Waals surface area contributed by atoms with Gasteiger partial charge in [0.05, 0.1) is 6.26 Å². The van der Waals surface area contributed by atoms with E-state index in [0.717, 1.165) is 17.8 Å². The molecule has 0 aliphatic heterocycles. The minimum absolute atomic E-state index is 0.169. The van der Waals surface area contributed by atoms with Gasteiger partial charge in [-0.05, 0) is 69.1 Å². The van der Waals surface area contributed by atoms with Gasteiger partial charge in [-0.3, -0.25) is 0 Å². The highest BCUT2D eigenvalue weighted by molar-refractivity contribution is 7.92. The molecule has 0 aromatic rings. The molecule has 1 atom stereocenters. The summed E-state index contributed by atoms with van der Waals surface area (Å²) in [6.07, 6.45) is 23.9. The first-order chi connectivity index (χ1) is 12.1. The normalized spacial score (nSPS) is 34.8. The molecule has 1 unspecified atom stereocenters. The zero-order chi connectivity index (χ0) is 18.1. The van der Waals surface area contributed by atoms with E-state index >= 15 is 0 Å². The second kappa shape index (κ2) is 11.2. The second-order valence-corrected chi connectivity index (χ2v) is 11.0. The molecule has 0 saturated heterocycles. The van der Waals surface area contributed by atoms with Crippen LogP contribution in [-0.4, -0.2) is 15.6 Å². The van der Waals surface area contributed by atoms with Crippen molar-refractivity contribution in [2.45, 2.75) is 121 Å². The predicted molar refractivity (Wildman–Crippen MR) is 112 cm³/mol. The van der Waals surface area contributed by atoms with Gasteiger partial charge in [-0.1, -0.05) is 76.4 Å². The van der Waals surface area contributed by atoms with Crippen LogP contribution < -0.4 is 0 Å². The van der Waals surface area contributed by atoms with E-state index in [4.69, 9.17) is 0 Å². The molecule has 2 aliphatic rings. The highest BCUT2D eigenvalue weighted by Gasteiger charge is 2.44. The summed E-state index contributed by atoms with van der Waals surface area (Å²) in [5.41, 5.74) is 0. The molecule has 0 radical (unpaired) electrons. The maximum absolute atomic E-state index is 12.5. The van der Waals surface area contributed by atoms with E-state index in [9.17, 15) is 4.55 Å². The summed E-state index contributed by atoms with van der Waals surface area (Å²) in [7, 11) is 0. The Morgan fingerprint density at radius 2 is 1.40 bits per heavy atom. The first kappa shape index (κ1) is 21.6. The molecule has 0 spiro atoms. The van der Waals surface area contributed by atoms with Crippen molar-refractivity contribution in [1.82, 2.24) is 0 Å². The third-order valence-corrected chi connectivity index (χ3v) is 9.39. The Morgan fingerprint density at radius 3 is 1.96 bits per heavy atom. The van der Waals surface area contributed by atoms with Gasteiger partial charge in [0.15, 0.2) is 0 Å². The van der Waals surface area contributed by atoms with Crippen LogP contribution >= 0.6 is 0 Å². The summed E-state index contributed by atoms with van der Waals surface area (Å²) >= 11 is -0.645. The Labute approximate surface area is 161 Å². The maximum atomic E-state index is 12.5. The molecule has 148 valence electrons. The van der Waals surface area contributed by atoms with E-state index in [1.165, 1.54) is 103 Å². The number of hydrogen-bond acceptors (Lipinski definition) is 1. The summed E-state index contributed by atoms with van der Waals surface area (Å²) in [5.74, 6) is 2.96. The highest BCUT2D eigenvalue weighted by atomic mass is 32.2. The molecular weight excluding hydrogens is 324 g/mol. The van der Waals surface area contributed by atoms with Gasteiger partial charge in [0.1, 0.15) is 4.75 Å². The van der Waals surface area contributed by atoms with Crippen LogP contribution in [0.3, 0.4) is 0 Å². The molecule has 0 aromatic heterocycles. The first-order valence-electron chi connectivity index (χ1n) is 11.4. The average Bonchev–Trinajstić information content (AvgIpc) is 2.64. The van der Waals surface area contributed by atoms with E-state index in [1.807, 2.05) is 6.26 Å². The molecule has 2 fully saturated rings. The molecule has 1 nitrogen and oxygen atoms in total. The molecule has 0 aromatic carbocycles. The van der Waals surface area contributed by atoms with Gasteiger partial charge in [-0.25, -0.2) is 0 Å². The molecule has 0 bridgehead atoms. The molecule has 0 N–H and O–H groups in total. The second-order valence-electron chi connectivity index (χ2n) is 9.21. The molecule has 2 heteroatoms. The third kappa shape index (κ3) is 6.45. The number of rotatable bonds is 10. The van der Waals surface area contributed by atoms with Crippen molar-refractivity contribution in [2.24, 2.45) is 17.8 Å². The Morgan fingerprint density at radius 1 is 0.800 bits per heavy atom. The van der Waals surface area contributed by atoms with Crippen LogP contribution in [0.5, 0.6) is 0 Å². The lowest BCUT2D eigenvalue weighted by atomic mass is 9.68. The summed E-state index contributed by atoms with van der Waals surface area (Å²) in [5, 5.41) is 0. The molecule has 0 amide bonds. The van der Waals surface area contributed by atoms with Crippen LogP contribution in [-0.2, 0) is 11.2 Å². The molecular formula is C23H44OS. The van der Waals surface area contributed by atoms with Crippen LogP contribution in [0, 0.1) is 17.8 Å². The van der Waals surface area contributed by atoms with Gasteiger partial charge in [0.25, 0.3) is 0 Å². The monoisotopic (exact) mass is 368 g/mol. The van der Waals surface area contributed by atoms with Crippen molar-refractivity contribution < 1.29 is 4.55 Å². The van der Waals surface area contributed by atoms with E-state index in [-0.39, 0.29) is 4.75 Å². The Balaban J connectivity index is 1.75. The summed E-state index contributed by atoms with van der Waals surface area (Å²) in [6, 6.07) is 0. The van der Waals surface area contributed by atoms with Gasteiger partial charge in [0.2, 0.25) is 0 Å². The van der Waals surface area contributed by atoms with E-state index < -0.39 is 11.2 Å². The topological polar surface area (TPSA) is 23.1 Å². The van der Waals surface area contributed by atoms with Crippen LogP contribution in [0.4, 0.5) is 0 Å². The Hall–Kier alpha value is 0.310. The van der Waals surface area contributed by atoms with Crippen LogP contribution in [0.15, 0.2) is 0 Å². The van der Waals surface area contributed by atoms with Crippen LogP contribution in [0.2, 0.25) is 0 Å². The summed E-state index contributed by atoms with van der Waals surface area (Å²) in [4.78, 5) is 0. The summed E-state index contributed by atoms with van der Waals surface area (Å²) in [6.45, 7) is 4.59. The fourth-order valence-electron chi connectivity index (χ4n) is 5.63. The fourth-order valence-corrected chi connectivity index (χ4v) is 6.88. The maximum Gasteiger partial charge on any atom is 0.125 e. The van der Waals surface area contributed by atoms with Crippen molar-refractivity contribution in [3.63, 3.8) is 0 Å². The van der Waals surface area contributed by atoms with Crippen LogP contribution in [0.1, 0.15) is 117 Å². The van der Waals surface area contributed by atoms with E-state index in [2.05, 4.69) is 13.8 Å². The minimum Gasteiger partial charge on any atom is -0.616 e. The predicted octanol–water partition coefficient (Wildman–Crippen LogP) is 7.26. The van der Waals surface area contributed by atoms with Gasteiger partial charge in [-0.2, -0.15) is 0 Å². The standard InChI is InChI=1S/C23H44OS/c1-4-6-8-9-17-23(25(3)24)18-15-22(16-19-23)21-13-11-20(12-14-21)10-7-5-2/h20-22H,4-19H2,1-3H3. The van der Waals surface area contributed by atoms with E-state index in [1.54, 1.807) is 0 Å². The van der Waals surface area contributed by atoms with Crippen molar-refractivity contribution in [3.8, 4) is 0 Å². The lowest BCUT2D eigenvalue weighted by Gasteiger charge is -2.43. The molecule has 0 heterocycles. The molecule has 2 aliphatic carbocycles. The third-order valence-electron chi connectivity index (χ3n) is 7.56. The van der Waals surface area contributed by atoms with Gasteiger partial charge >= 0.3 is 0 Å². The van der Waals surface area contributed by atoms with Gasteiger partial charge in [-0.15, -0.1) is 0 Å². The molecule has 2 rings (SSSR count). The minimum atomic E-state index is -0.645. The van der Waals surface area contributed by atoms with Crippen molar-refractivity contribution in [1.29, 1.82) is 0 Å². The zero-order valence-corrected chi connectivity index (χ0v) is 18.2. The lowest BCUT2D eigenvalue weighted by Crippen LogP contribution is -2.43. The van der Waals surface area contributed by atoms with Crippen molar-refractivity contribution in [2.75, 3.05) is 6.26 Å². The average molecular weight is 369 g/mol. The number of hydrogen-bond donors (Lipinski definition) is 0.